The number of nitrogens with two attached hydrogens (primary N) is 1. The van der Waals surface area contributed by atoms with Gasteiger partial charge in [0.05, 0.1) is 11.4 Å². The first-order valence-corrected chi connectivity index (χ1v) is 6.85. The van der Waals surface area contributed by atoms with Crippen molar-refractivity contribution < 1.29 is 9.63 Å². The number of aromatic hydroxyl groups is 1. The SMILES string of the molecule is CCCSCc1noc(-c2ccc(O)c(N)c2)n1. The van der Waals surface area contributed by atoms with E-state index in [4.69, 9.17) is 10.3 Å². The Labute approximate surface area is 109 Å². The van der Waals surface area contributed by atoms with Gasteiger partial charge in [0, 0.05) is 5.56 Å². The second-order valence-corrected chi connectivity index (χ2v) is 4.95. The van der Waals surface area contributed by atoms with Crippen LogP contribution in [0.25, 0.3) is 11.5 Å². The standard InChI is InChI=1S/C12H15N3O2S/c1-2-5-18-7-11-14-12(17-15-11)8-3-4-10(16)9(13)6-8/h3-4,6,16H,2,5,7,13H2,1H3. The van der Waals surface area contributed by atoms with Crippen molar-refractivity contribution in [3.05, 3.63) is 24.0 Å². The molecule has 2 aromatic rings. The molecule has 0 aliphatic rings. The highest BCUT2D eigenvalue weighted by molar-refractivity contribution is 7.98. The van der Waals surface area contributed by atoms with E-state index in [1.54, 1.807) is 23.9 Å². The zero-order chi connectivity index (χ0) is 13.0. The lowest BCUT2D eigenvalue weighted by Crippen LogP contribution is -1.88. The lowest BCUT2D eigenvalue weighted by atomic mass is 10.2. The summed E-state index contributed by atoms with van der Waals surface area (Å²) >= 11 is 1.77. The van der Waals surface area contributed by atoms with Gasteiger partial charge in [-0.15, -0.1) is 0 Å². The summed E-state index contributed by atoms with van der Waals surface area (Å²) in [6.07, 6.45) is 1.13. The second kappa shape index (κ2) is 5.77. The Morgan fingerprint density at radius 3 is 3.00 bits per heavy atom. The molecule has 0 spiro atoms. The Kier molecular flexibility index (Phi) is 4.09. The monoisotopic (exact) mass is 265 g/mol. The zero-order valence-electron chi connectivity index (χ0n) is 10.1. The first-order valence-electron chi connectivity index (χ1n) is 5.70. The number of rotatable bonds is 5. The quantitative estimate of drug-likeness (QED) is 0.491. The fraction of sp³-hybridized carbons (Fsp3) is 0.333. The number of aromatic nitrogens is 2. The molecule has 0 fully saturated rings. The summed E-state index contributed by atoms with van der Waals surface area (Å²) < 4.78 is 5.16. The van der Waals surface area contributed by atoms with Crippen LogP contribution in [0.15, 0.2) is 22.7 Å². The molecule has 0 saturated carbocycles. The molecule has 0 bridgehead atoms. The molecule has 1 heterocycles. The van der Waals surface area contributed by atoms with Crippen LogP contribution in [-0.2, 0) is 5.75 Å². The number of phenols is 1. The minimum absolute atomic E-state index is 0.0528. The molecule has 1 aromatic heterocycles. The Bertz CT molecular complexity index is 528. The normalized spacial score (nSPS) is 10.7. The summed E-state index contributed by atoms with van der Waals surface area (Å²) in [5, 5.41) is 13.3. The molecule has 96 valence electrons. The predicted molar refractivity (Wildman–Crippen MR) is 72.3 cm³/mol. The van der Waals surface area contributed by atoms with E-state index in [-0.39, 0.29) is 5.75 Å². The third kappa shape index (κ3) is 2.95. The molecule has 0 aliphatic carbocycles. The molecule has 0 amide bonds. The molecule has 0 radical (unpaired) electrons. The van der Waals surface area contributed by atoms with E-state index in [9.17, 15) is 5.11 Å². The molecule has 5 nitrogen and oxygen atoms in total. The third-order valence-corrected chi connectivity index (χ3v) is 3.48. The third-order valence-electron chi connectivity index (χ3n) is 2.32. The van der Waals surface area contributed by atoms with Crippen molar-refractivity contribution in [2.75, 3.05) is 11.5 Å². The Hall–Kier alpha value is -1.69. The van der Waals surface area contributed by atoms with E-state index in [1.165, 1.54) is 6.07 Å². The van der Waals surface area contributed by atoms with E-state index in [1.807, 2.05) is 0 Å². The molecule has 6 heteroatoms. The van der Waals surface area contributed by atoms with Crippen molar-refractivity contribution in [3.8, 4) is 17.2 Å². The lowest BCUT2D eigenvalue weighted by molar-refractivity contribution is 0.425. The number of nitrogen functional groups attached to an aromatic ring is 1. The van der Waals surface area contributed by atoms with Crippen LogP contribution in [0.4, 0.5) is 5.69 Å². The van der Waals surface area contributed by atoms with E-state index >= 15 is 0 Å². The summed E-state index contributed by atoms with van der Waals surface area (Å²) in [5.74, 6) is 2.97. The molecule has 18 heavy (non-hydrogen) atoms. The van der Waals surface area contributed by atoms with Gasteiger partial charge < -0.3 is 15.4 Å². The first-order chi connectivity index (χ1) is 8.70. The second-order valence-electron chi connectivity index (χ2n) is 3.84. The molecule has 0 unspecified atom stereocenters. The maximum absolute atomic E-state index is 9.34. The molecule has 0 saturated heterocycles. The average Bonchev–Trinajstić information content (AvgIpc) is 2.82. The number of benzene rings is 1. The van der Waals surface area contributed by atoms with Crippen LogP contribution in [0.5, 0.6) is 5.75 Å². The highest BCUT2D eigenvalue weighted by Gasteiger charge is 2.10. The number of nitrogens with zero attached hydrogens (tertiary/aromatic N) is 2. The highest BCUT2D eigenvalue weighted by Crippen LogP contribution is 2.26. The lowest BCUT2D eigenvalue weighted by Gasteiger charge is -1.99. The summed E-state index contributed by atoms with van der Waals surface area (Å²) in [7, 11) is 0. The Morgan fingerprint density at radius 2 is 2.28 bits per heavy atom. The molecular weight excluding hydrogens is 250 g/mol. The number of thioether (sulfide) groups is 1. The number of phenolic OH excluding ortho intramolecular Hbond substituents is 1. The van der Waals surface area contributed by atoms with E-state index in [0.717, 1.165) is 17.9 Å². The van der Waals surface area contributed by atoms with Gasteiger partial charge >= 0.3 is 0 Å². The van der Waals surface area contributed by atoms with Crippen LogP contribution >= 0.6 is 11.8 Å². The van der Waals surface area contributed by atoms with E-state index in [2.05, 4.69) is 17.1 Å². The van der Waals surface area contributed by atoms with Gasteiger partial charge in [-0.2, -0.15) is 16.7 Å². The van der Waals surface area contributed by atoms with Gasteiger partial charge in [-0.05, 0) is 30.4 Å². The van der Waals surface area contributed by atoms with E-state index < -0.39 is 0 Å². The minimum Gasteiger partial charge on any atom is -0.506 e. The molecule has 0 atom stereocenters. The molecule has 2 rings (SSSR count). The summed E-state index contributed by atoms with van der Waals surface area (Å²) in [5.41, 5.74) is 6.63. The molecule has 0 aliphatic heterocycles. The molecule has 1 aromatic carbocycles. The van der Waals surface area contributed by atoms with Gasteiger partial charge in [-0.25, -0.2) is 0 Å². The van der Waals surface area contributed by atoms with Gasteiger partial charge in [0.25, 0.3) is 5.89 Å². The van der Waals surface area contributed by atoms with Crippen molar-refractivity contribution in [2.24, 2.45) is 0 Å². The minimum atomic E-state index is 0.0528. The van der Waals surface area contributed by atoms with Crippen LogP contribution in [0.2, 0.25) is 0 Å². The molecular formula is C12H15N3O2S. The summed E-state index contributed by atoms with van der Waals surface area (Å²) in [6, 6.07) is 4.83. The van der Waals surface area contributed by atoms with Gasteiger partial charge in [0.1, 0.15) is 5.75 Å². The fourth-order valence-corrected chi connectivity index (χ4v) is 2.16. The Morgan fingerprint density at radius 1 is 1.44 bits per heavy atom. The Balaban J connectivity index is 2.11. The van der Waals surface area contributed by atoms with Crippen LogP contribution in [0, 0.1) is 0 Å². The topological polar surface area (TPSA) is 85.2 Å². The van der Waals surface area contributed by atoms with Gasteiger partial charge in [0.2, 0.25) is 0 Å². The first kappa shape index (κ1) is 12.8. The average molecular weight is 265 g/mol. The maximum Gasteiger partial charge on any atom is 0.258 e. The summed E-state index contributed by atoms with van der Waals surface area (Å²) in [4.78, 5) is 4.29. The van der Waals surface area contributed by atoms with Crippen LogP contribution in [0.3, 0.4) is 0 Å². The van der Waals surface area contributed by atoms with Gasteiger partial charge in [-0.3, -0.25) is 0 Å². The van der Waals surface area contributed by atoms with Crippen molar-refractivity contribution in [1.82, 2.24) is 10.1 Å². The van der Waals surface area contributed by atoms with Crippen molar-refractivity contribution >= 4 is 17.4 Å². The zero-order valence-corrected chi connectivity index (χ0v) is 10.9. The summed E-state index contributed by atoms with van der Waals surface area (Å²) in [6.45, 7) is 2.13. The van der Waals surface area contributed by atoms with Crippen molar-refractivity contribution in [2.45, 2.75) is 19.1 Å². The van der Waals surface area contributed by atoms with Gasteiger partial charge in [0.15, 0.2) is 5.82 Å². The molecule has 3 N–H and O–H groups in total. The smallest absolute Gasteiger partial charge is 0.258 e. The van der Waals surface area contributed by atoms with Crippen molar-refractivity contribution in [1.29, 1.82) is 0 Å². The van der Waals surface area contributed by atoms with Crippen LogP contribution < -0.4 is 5.73 Å². The maximum atomic E-state index is 9.34. The predicted octanol–water partition coefficient (Wildman–Crippen LogP) is 2.67. The van der Waals surface area contributed by atoms with Crippen LogP contribution in [0.1, 0.15) is 19.2 Å². The number of hydrogen-bond donors (Lipinski definition) is 2. The van der Waals surface area contributed by atoms with Gasteiger partial charge in [-0.1, -0.05) is 12.1 Å². The van der Waals surface area contributed by atoms with Crippen molar-refractivity contribution in [3.63, 3.8) is 0 Å². The fourth-order valence-electron chi connectivity index (χ4n) is 1.43. The number of hydrogen-bond acceptors (Lipinski definition) is 6. The van der Waals surface area contributed by atoms with E-state index in [0.29, 0.717) is 23.0 Å². The largest absolute Gasteiger partial charge is 0.506 e. The number of anilines is 1. The highest BCUT2D eigenvalue weighted by atomic mass is 32.2. The van der Waals surface area contributed by atoms with Crippen LogP contribution in [-0.4, -0.2) is 21.0 Å².